The van der Waals surface area contributed by atoms with E-state index in [1.165, 1.54) is 18.2 Å². The average molecular weight is 317 g/mol. The second kappa shape index (κ2) is 7.84. The Bertz CT molecular complexity index is 561. The number of hydrogen-bond acceptors (Lipinski definition) is 4. The van der Waals surface area contributed by atoms with Crippen LogP contribution >= 0.6 is 0 Å². The first kappa shape index (κ1) is 18.0. The van der Waals surface area contributed by atoms with E-state index in [1.54, 1.807) is 7.05 Å². The molecule has 0 bridgehead atoms. The maximum Gasteiger partial charge on any atom is 0.240 e. The fourth-order valence-electron chi connectivity index (χ4n) is 1.89. The molecule has 0 radical (unpaired) electrons. The van der Waals surface area contributed by atoms with Gasteiger partial charge in [-0.1, -0.05) is 0 Å². The topological polar surface area (TPSA) is 61.4 Å². The largest absolute Gasteiger partial charge is 0.316 e. The quantitative estimate of drug-likeness (QED) is 0.755. The van der Waals surface area contributed by atoms with Gasteiger partial charge in [-0.15, -0.1) is 0 Å². The van der Waals surface area contributed by atoms with Gasteiger partial charge in [-0.3, -0.25) is 0 Å². The van der Waals surface area contributed by atoms with Crippen molar-refractivity contribution in [2.45, 2.75) is 30.8 Å². The Balaban J connectivity index is 2.85. The molecule has 1 unspecified atom stereocenters. The zero-order valence-electron chi connectivity index (χ0n) is 13.0. The van der Waals surface area contributed by atoms with Gasteiger partial charge in [-0.05, 0) is 59.2 Å². The van der Waals surface area contributed by atoms with Crippen LogP contribution in [0.2, 0.25) is 0 Å². The SMILES string of the molecule is CNCc1cc(S(=O)(=O)NC(C)CCN(C)C)ccc1F. The Morgan fingerprint density at radius 2 is 2.00 bits per heavy atom. The van der Waals surface area contributed by atoms with Gasteiger partial charge in [0.05, 0.1) is 4.90 Å². The van der Waals surface area contributed by atoms with Crippen molar-refractivity contribution < 1.29 is 12.8 Å². The molecule has 1 aromatic carbocycles. The first-order chi connectivity index (χ1) is 9.76. The number of hydrogen-bond donors (Lipinski definition) is 2. The van der Waals surface area contributed by atoms with Crippen molar-refractivity contribution in [2.24, 2.45) is 0 Å². The van der Waals surface area contributed by atoms with Gasteiger partial charge in [0.15, 0.2) is 0 Å². The third-order valence-corrected chi connectivity index (χ3v) is 4.65. The Morgan fingerprint density at radius 1 is 1.33 bits per heavy atom. The van der Waals surface area contributed by atoms with Crippen LogP contribution in [0.4, 0.5) is 4.39 Å². The predicted molar refractivity (Wildman–Crippen MR) is 82.1 cm³/mol. The molecule has 0 saturated heterocycles. The summed E-state index contributed by atoms with van der Waals surface area (Å²) in [5, 5.41) is 2.82. The van der Waals surface area contributed by atoms with E-state index in [1.807, 2.05) is 25.9 Å². The minimum absolute atomic E-state index is 0.0888. The van der Waals surface area contributed by atoms with E-state index in [0.717, 1.165) is 6.54 Å². The zero-order chi connectivity index (χ0) is 16.0. The van der Waals surface area contributed by atoms with Crippen LogP contribution < -0.4 is 10.0 Å². The number of benzene rings is 1. The van der Waals surface area contributed by atoms with Crippen LogP contribution in [-0.4, -0.2) is 47.0 Å². The van der Waals surface area contributed by atoms with Crippen LogP contribution in [0.25, 0.3) is 0 Å². The maximum atomic E-state index is 13.6. The van der Waals surface area contributed by atoms with Crippen molar-refractivity contribution >= 4 is 10.0 Å². The van der Waals surface area contributed by atoms with E-state index in [-0.39, 0.29) is 17.5 Å². The van der Waals surface area contributed by atoms with Gasteiger partial charge in [0.25, 0.3) is 0 Å². The minimum atomic E-state index is -3.63. The average Bonchev–Trinajstić information content (AvgIpc) is 2.38. The highest BCUT2D eigenvalue weighted by molar-refractivity contribution is 7.89. The Labute approximate surface area is 126 Å². The molecule has 1 atom stereocenters. The fourth-order valence-corrected chi connectivity index (χ4v) is 3.22. The molecule has 1 aromatic rings. The molecule has 0 heterocycles. The number of nitrogens with zero attached hydrogens (tertiary/aromatic N) is 1. The Morgan fingerprint density at radius 3 is 2.57 bits per heavy atom. The molecular formula is C14H24FN3O2S. The predicted octanol–water partition coefficient (Wildman–Crippen LogP) is 1.16. The molecule has 1 rings (SSSR count). The van der Waals surface area contributed by atoms with Crippen molar-refractivity contribution in [2.75, 3.05) is 27.7 Å². The van der Waals surface area contributed by atoms with Crippen molar-refractivity contribution in [3.8, 4) is 0 Å². The van der Waals surface area contributed by atoms with Gasteiger partial charge in [0.2, 0.25) is 10.0 Å². The van der Waals surface area contributed by atoms with Gasteiger partial charge >= 0.3 is 0 Å². The molecule has 0 saturated carbocycles. The summed E-state index contributed by atoms with van der Waals surface area (Å²) in [4.78, 5) is 2.08. The summed E-state index contributed by atoms with van der Waals surface area (Å²) in [7, 11) is 1.93. The van der Waals surface area contributed by atoms with E-state index in [0.29, 0.717) is 12.0 Å². The lowest BCUT2D eigenvalue weighted by Gasteiger charge is -2.17. The molecule has 0 spiro atoms. The van der Waals surface area contributed by atoms with Crippen molar-refractivity contribution in [1.29, 1.82) is 0 Å². The van der Waals surface area contributed by atoms with E-state index in [9.17, 15) is 12.8 Å². The molecule has 120 valence electrons. The molecule has 0 aliphatic heterocycles. The van der Waals surface area contributed by atoms with Gasteiger partial charge in [0, 0.05) is 18.2 Å². The van der Waals surface area contributed by atoms with Gasteiger partial charge in [-0.25, -0.2) is 17.5 Å². The van der Waals surface area contributed by atoms with Crippen LogP contribution in [0.3, 0.4) is 0 Å². The lowest BCUT2D eigenvalue weighted by molar-refractivity contribution is 0.379. The molecule has 5 nitrogen and oxygen atoms in total. The molecule has 0 aliphatic carbocycles. The second-order valence-corrected chi connectivity index (χ2v) is 7.11. The molecule has 0 fully saturated rings. The normalized spacial score (nSPS) is 13.6. The van der Waals surface area contributed by atoms with Crippen LogP contribution in [0.5, 0.6) is 0 Å². The van der Waals surface area contributed by atoms with E-state index in [2.05, 4.69) is 10.0 Å². The van der Waals surface area contributed by atoms with Crippen LogP contribution in [0.1, 0.15) is 18.9 Å². The molecular weight excluding hydrogens is 293 g/mol. The summed E-state index contributed by atoms with van der Waals surface area (Å²) in [6.07, 6.45) is 0.705. The maximum absolute atomic E-state index is 13.6. The van der Waals surface area contributed by atoms with E-state index < -0.39 is 15.8 Å². The van der Waals surface area contributed by atoms with Crippen molar-refractivity contribution in [3.63, 3.8) is 0 Å². The number of halogens is 1. The van der Waals surface area contributed by atoms with Gasteiger partial charge in [-0.2, -0.15) is 0 Å². The summed E-state index contributed by atoms with van der Waals surface area (Å²) < 4.78 is 40.8. The molecule has 7 heteroatoms. The zero-order valence-corrected chi connectivity index (χ0v) is 13.8. The fraction of sp³-hybridized carbons (Fsp3) is 0.571. The lowest BCUT2D eigenvalue weighted by Crippen LogP contribution is -2.34. The third kappa shape index (κ3) is 5.70. The van der Waals surface area contributed by atoms with E-state index >= 15 is 0 Å². The molecule has 21 heavy (non-hydrogen) atoms. The Kier molecular flexibility index (Phi) is 6.73. The highest BCUT2D eigenvalue weighted by Crippen LogP contribution is 2.15. The highest BCUT2D eigenvalue weighted by atomic mass is 32.2. The molecule has 0 aromatic heterocycles. The highest BCUT2D eigenvalue weighted by Gasteiger charge is 2.18. The summed E-state index contributed by atoms with van der Waals surface area (Å²) in [6, 6.07) is 3.66. The monoisotopic (exact) mass is 317 g/mol. The standard InChI is InChI=1S/C14H24FN3O2S/c1-11(7-8-18(3)4)17-21(19,20)13-5-6-14(15)12(9-13)10-16-2/h5-6,9,11,16-17H,7-8,10H2,1-4H3. The molecule has 2 N–H and O–H groups in total. The van der Waals surface area contributed by atoms with Crippen molar-refractivity contribution in [1.82, 2.24) is 14.9 Å². The smallest absolute Gasteiger partial charge is 0.240 e. The second-order valence-electron chi connectivity index (χ2n) is 5.40. The molecule has 0 aliphatic rings. The summed E-state index contributed by atoms with van der Waals surface area (Å²) in [5.41, 5.74) is 0.335. The van der Waals surface area contributed by atoms with Crippen LogP contribution in [0.15, 0.2) is 23.1 Å². The number of sulfonamides is 1. The summed E-state index contributed by atoms with van der Waals surface area (Å²) in [5.74, 6) is -0.413. The third-order valence-electron chi connectivity index (χ3n) is 3.06. The first-order valence-corrected chi connectivity index (χ1v) is 8.34. The van der Waals surface area contributed by atoms with Crippen molar-refractivity contribution in [3.05, 3.63) is 29.6 Å². The Hall–Kier alpha value is -1.02. The molecule has 0 amide bonds. The van der Waals surface area contributed by atoms with E-state index in [4.69, 9.17) is 0 Å². The summed E-state index contributed by atoms with van der Waals surface area (Å²) >= 11 is 0. The number of nitrogens with one attached hydrogen (secondary N) is 2. The van der Waals surface area contributed by atoms with Gasteiger partial charge < -0.3 is 10.2 Å². The number of rotatable bonds is 8. The minimum Gasteiger partial charge on any atom is -0.316 e. The summed E-state index contributed by atoms with van der Waals surface area (Å²) in [6.45, 7) is 2.89. The van der Waals surface area contributed by atoms with Gasteiger partial charge in [0.1, 0.15) is 5.82 Å². The first-order valence-electron chi connectivity index (χ1n) is 6.86. The van der Waals surface area contributed by atoms with Crippen LogP contribution in [-0.2, 0) is 16.6 Å². The van der Waals surface area contributed by atoms with Crippen LogP contribution in [0, 0.1) is 5.82 Å². The lowest BCUT2D eigenvalue weighted by atomic mass is 10.2.